The number of hydrogen-bond donors (Lipinski definition) is 2. The molecule has 2 heterocycles. The van der Waals surface area contributed by atoms with Crippen molar-refractivity contribution >= 4 is 21.8 Å². The lowest BCUT2D eigenvalue weighted by molar-refractivity contribution is 0.425. The standard InChI is InChI=1S/C24H18N4O4/c1-13-11-15(31-23-25-18-9-5-3-7-16(18)21(29)27-23)12-14(2)20(13)32-24-26-19-10-6-4-8-17(19)22(30)28-24/h3-12H,1-2H3,(H,25,27,29)(H,26,28,30). The Hall–Kier alpha value is -4.46. The largest absolute Gasteiger partial charge is 0.426 e. The lowest BCUT2D eigenvalue weighted by Crippen LogP contribution is -2.10. The van der Waals surface area contributed by atoms with Gasteiger partial charge >= 0.3 is 12.0 Å². The van der Waals surface area contributed by atoms with Crippen LogP contribution in [0.15, 0.2) is 70.3 Å². The first-order chi connectivity index (χ1) is 15.5. The maximum Gasteiger partial charge on any atom is 0.302 e. The molecule has 0 spiro atoms. The third-order valence-corrected chi connectivity index (χ3v) is 5.03. The van der Waals surface area contributed by atoms with E-state index in [-0.39, 0.29) is 23.1 Å². The van der Waals surface area contributed by atoms with E-state index in [9.17, 15) is 9.59 Å². The molecule has 8 nitrogen and oxygen atoms in total. The van der Waals surface area contributed by atoms with Gasteiger partial charge in [0.15, 0.2) is 0 Å². The van der Waals surface area contributed by atoms with Crippen LogP contribution in [0.5, 0.6) is 23.5 Å². The van der Waals surface area contributed by atoms with Crippen molar-refractivity contribution in [2.75, 3.05) is 0 Å². The molecule has 5 rings (SSSR count). The summed E-state index contributed by atoms with van der Waals surface area (Å²) in [5.41, 5.74) is 2.08. The molecule has 5 aromatic rings. The Labute approximate surface area is 181 Å². The van der Waals surface area contributed by atoms with Gasteiger partial charge in [0.1, 0.15) is 11.5 Å². The molecule has 0 unspecified atom stereocenters. The summed E-state index contributed by atoms with van der Waals surface area (Å²) in [5.74, 6) is 1.04. The van der Waals surface area contributed by atoms with Gasteiger partial charge in [0.25, 0.3) is 11.1 Å². The number of ether oxygens (including phenoxy) is 2. The lowest BCUT2D eigenvalue weighted by atomic mass is 10.1. The lowest BCUT2D eigenvalue weighted by Gasteiger charge is -2.13. The summed E-state index contributed by atoms with van der Waals surface area (Å²) >= 11 is 0. The maximum atomic E-state index is 12.3. The molecule has 0 atom stereocenters. The highest BCUT2D eigenvalue weighted by Crippen LogP contribution is 2.32. The van der Waals surface area contributed by atoms with Crippen LogP contribution in [0.2, 0.25) is 0 Å². The minimum atomic E-state index is -0.273. The monoisotopic (exact) mass is 426 g/mol. The zero-order valence-electron chi connectivity index (χ0n) is 17.3. The van der Waals surface area contributed by atoms with Gasteiger partial charge < -0.3 is 9.47 Å². The van der Waals surface area contributed by atoms with Crippen LogP contribution >= 0.6 is 0 Å². The van der Waals surface area contributed by atoms with Crippen LogP contribution in [0, 0.1) is 13.8 Å². The van der Waals surface area contributed by atoms with Gasteiger partial charge in [-0.25, -0.2) is 0 Å². The van der Waals surface area contributed by atoms with E-state index in [4.69, 9.17) is 9.47 Å². The van der Waals surface area contributed by atoms with Crippen LogP contribution in [-0.2, 0) is 0 Å². The van der Waals surface area contributed by atoms with Gasteiger partial charge in [0.2, 0.25) is 0 Å². The Kier molecular flexibility index (Phi) is 4.67. The van der Waals surface area contributed by atoms with Gasteiger partial charge in [-0.3, -0.25) is 19.6 Å². The minimum absolute atomic E-state index is 0.0988. The second kappa shape index (κ2) is 7.66. The molecule has 0 amide bonds. The number of benzene rings is 3. The summed E-state index contributed by atoms with van der Waals surface area (Å²) in [7, 11) is 0. The molecule has 32 heavy (non-hydrogen) atoms. The van der Waals surface area contributed by atoms with Crippen molar-refractivity contribution in [3.63, 3.8) is 0 Å². The summed E-state index contributed by atoms with van der Waals surface area (Å²) < 4.78 is 11.7. The third kappa shape index (κ3) is 3.58. The molecule has 2 aromatic heterocycles. The molecular weight excluding hydrogens is 408 g/mol. The van der Waals surface area contributed by atoms with Crippen molar-refractivity contribution in [3.05, 3.63) is 92.5 Å². The van der Waals surface area contributed by atoms with Crippen LogP contribution in [0.1, 0.15) is 11.1 Å². The molecular formula is C24H18N4O4. The predicted octanol–water partition coefficient (Wildman–Crippen LogP) is 4.36. The maximum absolute atomic E-state index is 12.3. The fourth-order valence-corrected chi connectivity index (χ4v) is 3.57. The first kappa shape index (κ1) is 19.5. The Bertz CT molecular complexity index is 1580. The number of nitrogens with one attached hydrogen (secondary N) is 2. The molecule has 0 aliphatic heterocycles. The molecule has 0 bridgehead atoms. The van der Waals surface area contributed by atoms with E-state index in [0.29, 0.717) is 33.3 Å². The zero-order chi connectivity index (χ0) is 22.2. The van der Waals surface area contributed by atoms with Crippen molar-refractivity contribution in [1.82, 2.24) is 19.9 Å². The smallest absolute Gasteiger partial charge is 0.302 e. The Morgan fingerprint density at radius 2 is 1.16 bits per heavy atom. The highest BCUT2D eigenvalue weighted by atomic mass is 16.5. The molecule has 158 valence electrons. The minimum Gasteiger partial charge on any atom is -0.426 e. The average molecular weight is 426 g/mol. The second-order valence-corrected chi connectivity index (χ2v) is 7.37. The number of aryl methyl sites for hydroxylation is 2. The van der Waals surface area contributed by atoms with Crippen LogP contribution in [-0.4, -0.2) is 19.9 Å². The van der Waals surface area contributed by atoms with Crippen LogP contribution in [0.25, 0.3) is 21.8 Å². The SMILES string of the molecule is Cc1cc(Oc2nc3ccccc3c(=O)[nH]2)cc(C)c1Oc1nc2ccccc2c(=O)[nH]1. The fraction of sp³-hybridized carbons (Fsp3) is 0.0833. The van der Waals surface area contributed by atoms with E-state index in [2.05, 4.69) is 19.9 Å². The van der Waals surface area contributed by atoms with Crippen LogP contribution < -0.4 is 20.6 Å². The number of aromatic nitrogens is 4. The molecule has 0 radical (unpaired) electrons. The van der Waals surface area contributed by atoms with Gasteiger partial charge in [0, 0.05) is 0 Å². The number of hydrogen-bond acceptors (Lipinski definition) is 6. The summed E-state index contributed by atoms with van der Waals surface area (Å²) in [6.07, 6.45) is 0. The van der Waals surface area contributed by atoms with E-state index in [1.165, 1.54) is 0 Å². The third-order valence-electron chi connectivity index (χ3n) is 5.03. The quantitative estimate of drug-likeness (QED) is 0.442. The van der Waals surface area contributed by atoms with Crippen molar-refractivity contribution in [2.24, 2.45) is 0 Å². The summed E-state index contributed by atoms with van der Waals surface area (Å²) in [6, 6.07) is 17.8. The van der Waals surface area contributed by atoms with Gasteiger partial charge in [-0.2, -0.15) is 9.97 Å². The Morgan fingerprint density at radius 1 is 0.688 bits per heavy atom. The summed E-state index contributed by atoms with van der Waals surface area (Å²) in [5, 5.41) is 0.988. The molecule has 0 aliphatic carbocycles. The Balaban J connectivity index is 1.46. The van der Waals surface area contributed by atoms with E-state index in [1.54, 1.807) is 48.5 Å². The zero-order valence-corrected chi connectivity index (χ0v) is 17.3. The molecule has 2 N–H and O–H groups in total. The first-order valence-corrected chi connectivity index (χ1v) is 9.93. The van der Waals surface area contributed by atoms with Crippen molar-refractivity contribution in [3.8, 4) is 23.5 Å². The molecule has 0 saturated carbocycles. The van der Waals surface area contributed by atoms with Gasteiger partial charge in [-0.05, 0) is 61.4 Å². The number of H-pyrrole nitrogens is 2. The van der Waals surface area contributed by atoms with Gasteiger partial charge in [0.05, 0.1) is 21.8 Å². The highest BCUT2D eigenvalue weighted by Gasteiger charge is 2.13. The molecule has 0 fully saturated rings. The number of aromatic amines is 2. The normalized spacial score (nSPS) is 11.1. The van der Waals surface area contributed by atoms with Crippen molar-refractivity contribution in [1.29, 1.82) is 0 Å². The van der Waals surface area contributed by atoms with Crippen molar-refractivity contribution < 1.29 is 9.47 Å². The highest BCUT2D eigenvalue weighted by molar-refractivity contribution is 5.78. The van der Waals surface area contributed by atoms with E-state index >= 15 is 0 Å². The molecule has 0 saturated heterocycles. The van der Waals surface area contributed by atoms with E-state index in [0.717, 1.165) is 11.1 Å². The number of fused-ring (bicyclic) bond motifs is 2. The number of rotatable bonds is 4. The van der Waals surface area contributed by atoms with Gasteiger partial charge in [-0.15, -0.1) is 0 Å². The van der Waals surface area contributed by atoms with E-state index < -0.39 is 0 Å². The van der Waals surface area contributed by atoms with Crippen LogP contribution in [0.4, 0.5) is 0 Å². The Morgan fingerprint density at radius 3 is 1.69 bits per heavy atom. The summed E-state index contributed by atoms with van der Waals surface area (Å²) in [6.45, 7) is 3.70. The second-order valence-electron chi connectivity index (χ2n) is 7.37. The number of para-hydroxylation sites is 2. The summed E-state index contributed by atoms with van der Waals surface area (Å²) in [4.78, 5) is 38.6. The van der Waals surface area contributed by atoms with Gasteiger partial charge in [-0.1, -0.05) is 24.3 Å². The number of nitrogens with zero attached hydrogens (tertiary/aromatic N) is 2. The molecule has 3 aromatic carbocycles. The average Bonchev–Trinajstić information content (AvgIpc) is 2.76. The van der Waals surface area contributed by atoms with Crippen LogP contribution in [0.3, 0.4) is 0 Å². The van der Waals surface area contributed by atoms with E-state index in [1.807, 2.05) is 26.0 Å². The topological polar surface area (TPSA) is 110 Å². The molecule has 0 aliphatic rings. The predicted molar refractivity (Wildman–Crippen MR) is 121 cm³/mol. The first-order valence-electron chi connectivity index (χ1n) is 9.93. The molecule has 8 heteroatoms. The van der Waals surface area contributed by atoms with Crippen molar-refractivity contribution in [2.45, 2.75) is 13.8 Å². The fourth-order valence-electron chi connectivity index (χ4n) is 3.57.